The van der Waals surface area contributed by atoms with Crippen molar-refractivity contribution in [2.75, 3.05) is 4.90 Å². The summed E-state index contributed by atoms with van der Waals surface area (Å²) in [5.41, 5.74) is 0.770. The lowest BCUT2D eigenvalue weighted by Crippen LogP contribution is -2.43. The van der Waals surface area contributed by atoms with Crippen molar-refractivity contribution in [2.45, 2.75) is 12.1 Å². The summed E-state index contributed by atoms with van der Waals surface area (Å²) in [4.78, 5) is 50.1. The Labute approximate surface area is 159 Å². The first-order valence-corrected chi connectivity index (χ1v) is 8.65. The largest absolute Gasteiger partial charge is 0.480 e. The molecule has 2 aromatic rings. The molecule has 8 nitrogen and oxygen atoms in total. The van der Waals surface area contributed by atoms with Crippen LogP contribution in [-0.4, -0.2) is 40.0 Å². The molecule has 2 aliphatic heterocycles. The summed E-state index contributed by atoms with van der Waals surface area (Å²) >= 11 is 0. The van der Waals surface area contributed by atoms with Gasteiger partial charge < -0.3 is 10.2 Å². The van der Waals surface area contributed by atoms with E-state index in [2.05, 4.69) is 5.32 Å². The molecule has 0 saturated carbocycles. The number of aliphatic carboxylic acids is 1. The third-order valence-corrected chi connectivity index (χ3v) is 5.25. The maximum Gasteiger partial charge on any atom is 0.335 e. The van der Waals surface area contributed by atoms with Gasteiger partial charge in [0.1, 0.15) is 6.04 Å². The van der Waals surface area contributed by atoms with Crippen LogP contribution in [0, 0.1) is 11.8 Å². The van der Waals surface area contributed by atoms with Crippen molar-refractivity contribution in [1.29, 1.82) is 0 Å². The molecule has 4 unspecified atom stereocenters. The Balaban J connectivity index is 1.77. The van der Waals surface area contributed by atoms with E-state index in [1.165, 1.54) is 24.3 Å². The van der Waals surface area contributed by atoms with Crippen LogP contribution >= 0.6 is 0 Å². The van der Waals surface area contributed by atoms with E-state index in [9.17, 15) is 29.4 Å². The van der Waals surface area contributed by atoms with Crippen LogP contribution in [0.4, 0.5) is 5.69 Å². The molecule has 4 rings (SSSR count). The zero-order valence-electron chi connectivity index (χ0n) is 14.5. The minimum Gasteiger partial charge on any atom is -0.480 e. The molecule has 3 N–H and O–H groups in total. The predicted octanol–water partition coefficient (Wildman–Crippen LogP) is 1.29. The maximum absolute atomic E-state index is 13.2. The fourth-order valence-corrected chi connectivity index (χ4v) is 4.04. The van der Waals surface area contributed by atoms with Gasteiger partial charge >= 0.3 is 11.9 Å². The van der Waals surface area contributed by atoms with Gasteiger partial charge in [-0.05, 0) is 23.8 Å². The molecule has 142 valence electrons. The molecule has 2 amide bonds. The lowest BCUT2D eigenvalue weighted by Gasteiger charge is -2.21. The summed E-state index contributed by atoms with van der Waals surface area (Å²) in [7, 11) is 0. The molecule has 0 aromatic heterocycles. The van der Waals surface area contributed by atoms with Crippen molar-refractivity contribution in [3.8, 4) is 0 Å². The molecule has 4 atom stereocenters. The quantitative estimate of drug-likeness (QED) is 0.683. The van der Waals surface area contributed by atoms with Gasteiger partial charge in [0.15, 0.2) is 0 Å². The second-order valence-corrected chi connectivity index (χ2v) is 6.79. The lowest BCUT2D eigenvalue weighted by atomic mass is 9.86. The van der Waals surface area contributed by atoms with E-state index < -0.39 is 47.7 Å². The van der Waals surface area contributed by atoms with E-state index in [1.54, 1.807) is 30.3 Å². The minimum absolute atomic E-state index is 0.0670. The van der Waals surface area contributed by atoms with E-state index in [-0.39, 0.29) is 11.3 Å². The Morgan fingerprint density at radius 3 is 2.21 bits per heavy atom. The van der Waals surface area contributed by atoms with Gasteiger partial charge in [-0.2, -0.15) is 0 Å². The van der Waals surface area contributed by atoms with Crippen LogP contribution in [0.1, 0.15) is 22.0 Å². The number of amides is 2. The standard InChI is InChI=1S/C20H16N2O6/c23-17-13-14(16(20(27)28)21-15(13)10-5-2-1-3-6-10)18(24)22(17)12-8-4-7-11(9-12)19(25)26/h1-9,13-16,21H,(H,25,26)(H,27,28). The SMILES string of the molecule is O=C(O)c1cccc(N2C(=O)C3C(C(=O)O)NC(c4ccccc4)C3C2=O)c1. The van der Waals surface area contributed by atoms with E-state index in [0.717, 1.165) is 4.90 Å². The van der Waals surface area contributed by atoms with Crippen molar-refractivity contribution in [2.24, 2.45) is 11.8 Å². The summed E-state index contributed by atoms with van der Waals surface area (Å²) in [6.07, 6.45) is 0. The van der Waals surface area contributed by atoms with Crippen LogP contribution in [-0.2, 0) is 14.4 Å². The van der Waals surface area contributed by atoms with E-state index in [0.29, 0.717) is 5.56 Å². The van der Waals surface area contributed by atoms with E-state index in [4.69, 9.17) is 0 Å². The molecule has 2 aromatic carbocycles. The number of carbonyl (C=O) groups is 4. The summed E-state index contributed by atoms with van der Waals surface area (Å²) in [5, 5.41) is 21.7. The van der Waals surface area contributed by atoms with Crippen LogP contribution in [0.3, 0.4) is 0 Å². The number of fused-ring (bicyclic) bond motifs is 1. The number of rotatable bonds is 4. The number of aromatic carboxylic acids is 1. The molecular weight excluding hydrogens is 364 g/mol. The number of nitrogens with zero attached hydrogens (tertiary/aromatic N) is 1. The van der Waals surface area contributed by atoms with Crippen molar-refractivity contribution < 1.29 is 29.4 Å². The van der Waals surface area contributed by atoms with Gasteiger partial charge in [-0.3, -0.25) is 19.7 Å². The van der Waals surface area contributed by atoms with Crippen molar-refractivity contribution in [3.63, 3.8) is 0 Å². The molecule has 0 bridgehead atoms. The molecule has 0 radical (unpaired) electrons. The van der Waals surface area contributed by atoms with Crippen LogP contribution in [0.25, 0.3) is 0 Å². The number of anilines is 1. The Bertz CT molecular complexity index is 989. The Hall–Kier alpha value is -3.52. The van der Waals surface area contributed by atoms with Crippen molar-refractivity contribution in [1.82, 2.24) is 5.32 Å². The first-order valence-electron chi connectivity index (χ1n) is 8.65. The topological polar surface area (TPSA) is 124 Å². The average molecular weight is 380 g/mol. The molecule has 2 saturated heterocycles. The van der Waals surface area contributed by atoms with Gasteiger partial charge in [0.05, 0.1) is 23.1 Å². The highest BCUT2D eigenvalue weighted by Gasteiger charge is 2.61. The number of nitrogens with one attached hydrogen (secondary N) is 1. The number of carbonyl (C=O) groups excluding carboxylic acids is 2. The predicted molar refractivity (Wildman–Crippen MR) is 96.6 cm³/mol. The van der Waals surface area contributed by atoms with Gasteiger partial charge in [0, 0.05) is 6.04 Å². The molecule has 2 fully saturated rings. The molecule has 0 aliphatic carbocycles. The van der Waals surface area contributed by atoms with Crippen LogP contribution < -0.4 is 10.2 Å². The molecule has 2 aliphatic rings. The average Bonchev–Trinajstić information content (AvgIpc) is 3.20. The first kappa shape index (κ1) is 17.9. The molecule has 28 heavy (non-hydrogen) atoms. The normalized spacial score (nSPS) is 26.4. The fourth-order valence-electron chi connectivity index (χ4n) is 4.04. The zero-order chi connectivity index (χ0) is 20.0. The highest BCUT2D eigenvalue weighted by molar-refractivity contribution is 6.24. The number of hydrogen-bond acceptors (Lipinski definition) is 5. The summed E-state index contributed by atoms with van der Waals surface area (Å²) in [6, 6.07) is 12.5. The maximum atomic E-state index is 13.2. The third kappa shape index (κ3) is 2.66. The Kier molecular flexibility index (Phi) is 4.20. The highest BCUT2D eigenvalue weighted by Crippen LogP contribution is 2.45. The van der Waals surface area contributed by atoms with Crippen LogP contribution in [0.15, 0.2) is 54.6 Å². The van der Waals surface area contributed by atoms with Gasteiger partial charge in [-0.15, -0.1) is 0 Å². The number of benzene rings is 2. The highest BCUT2D eigenvalue weighted by atomic mass is 16.4. The smallest absolute Gasteiger partial charge is 0.335 e. The zero-order valence-corrected chi connectivity index (χ0v) is 14.5. The number of carboxylic acids is 2. The van der Waals surface area contributed by atoms with Crippen LogP contribution in [0.2, 0.25) is 0 Å². The Morgan fingerprint density at radius 2 is 1.57 bits per heavy atom. The Morgan fingerprint density at radius 1 is 0.893 bits per heavy atom. The molecular formula is C20H16N2O6. The van der Waals surface area contributed by atoms with Crippen molar-refractivity contribution >= 4 is 29.4 Å². The first-order chi connectivity index (χ1) is 13.4. The summed E-state index contributed by atoms with van der Waals surface area (Å²) in [6.45, 7) is 0. The minimum atomic E-state index is -1.21. The monoisotopic (exact) mass is 380 g/mol. The second-order valence-electron chi connectivity index (χ2n) is 6.79. The third-order valence-electron chi connectivity index (χ3n) is 5.25. The number of hydrogen-bond donors (Lipinski definition) is 3. The number of carboxylic acid groups (broad SMARTS) is 2. The molecule has 0 spiro atoms. The molecule has 8 heteroatoms. The number of imide groups is 1. The lowest BCUT2D eigenvalue weighted by molar-refractivity contribution is -0.142. The van der Waals surface area contributed by atoms with Gasteiger partial charge in [0.25, 0.3) is 0 Å². The summed E-state index contributed by atoms with van der Waals surface area (Å²) < 4.78 is 0. The van der Waals surface area contributed by atoms with Gasteiger partial charge in [-0.25, -0.2) is 9.69 Å². The second kappa shape index (κ2) is 6.58. The van der Waals surface area contributed by atoms with Crippen LogP contribution in [0.5, 0.6) is 0 Å². The van der Waals surface area contributed by atoms with E-state index in [1.807, 2.05) is 0 Å². The molecule has 2 heterocycles. The summed E-state index contributed by atoms with van der Waals surface area (Å²) in [5.74, 6) is -5.53. The van der Waals surface area contributed by atoms with Gasteiger partial charge in [-0.1, -0.05) is 36.4 Å². The van der Waals surface area contributed by atoms with Gasteiger partial charge in [0.2, 0.25) is 11.8 Å². The van der Waals surface area contributed by atoms with Crippen molar-refractivity contribution in [3.05, 3.63) is 65.7 Å². The van der Waals surface area contributed by atoms with E-state index >= 15 is 0 Å². The fraction of sp³-hybridized carbons (Fsp3) is 0.200.